The van der Waals surface area contributed by atoms with E-state index in [4.69, 9.17) is 5.84 Å². The van der Waals surface area contributed by atoms with E-state index in [2.05, 4.69) is 4.98 Å². The summed E-state index contributed by atoms with van der Waals surface area (Å²) >= 11 is 0. The average Bonchev–Trinajstić information content (AvgIpc) is 2.43. The van der Waals surface area contributed by atoms with Crippen LogP contribution < -0.4 is 16.8 Å². The van der Waals surface area contributed by atoms with Crippen molar-refractivity contribution in [2.24, 2.45) is 5.84 Å². The molecule has 21 heavy (non-hydrogen) atoms. The van der Waals surface area contributed by atoms with Gasteiger partial charge >= 0.3 is 0 Å². The first kappa shape index (κ1) is 14.9. The molecule has 0 aliphatic rings. The summed E-state index contributed by atoms with van der Waals surface area (Å²) in [5.41, 5.74) is 2.75. The molecule has 0 atom stereocenters. The van der Waals surface area contributed by atoms with Gasteiger partial charge in [-0.05, 0) is 32.0 Å². The van der Waals surface area contributed by atoms with E-state index in [9.17, 15) is 14.0 Å². The number of aryl methyl sites for hydroxylation is 2. The molecule has 1 aromatic carbocycles. The molecule has 2 aromatic rings. The summed E-state index contributed by atoms with van der Waals surface area (Å²) < 4.78 is 15.2. The molecule has 0 radical (unpaired) electrons. The Morgan fingerprint density at radius 3 is 2.71 bits per heavy atom. The lowest BCUT2D eigenvalue weighted by Crippen LogP contribution is -2.30. The van der Waals surface area contributed by atoms with Crippen molar-refractivity contribution in [3.05, 3.63) is 63.1 Å². The van der Waals surface area contributed by atoms with E-state index in [0.717, 1.165) is 0 Å². The number of benzene rings is 1. The topological polar surface area (TPSA) is 90.0 Å². The second kappa shape index (κ2) is 5.84. The van der Waals surface area contributed by atoms with Crippen LogP contribution in [0, 0.1) is 19.7 Å². The van der Waals surface area contributed by atoms with Gasteiger partial charge in [-0.1, -0.05) is 0 Å². The molecule has 0 bridgehead atoms. The van der Waals surface area contributed by atoms with Gasteiger partial charge in [-0.3, -0.25) is 19.6 Å². The summed E-state index contributed by atoms with van der Waals surface area (Å²) in [4.78, 5) is 27.6. The SMILES string of the molecule is Cc1cc(=O)n(Cc2cc(C(=O)NN)ccc2F)c(C)n1. The predicted molar refractivity (Wildman–Crippen MR) is 75.1 cm³/mol. The Bertz CT molecular complexity index is 755. The Kier molecular flexibility index (Phi) is 4.13. The molecule has 0 aliphatic carbocycles. The van der Waals surface area contributed by atoms with Crippen LogP contribution in [0.25, 0.3) is 0 Å². The Balaban J connectivity index is 2.45. The Hall–Kier alpha value is -2.54. The number of hydrazine groups is 1. The highest BCUT2D eigenvalue weighted by Crippen LogP contribution is 2.12. The maximum absolute atomic E-state index is 13.9. The molecule has 0 fully saturated rings. The number of nitrogen functional groups attached to an aromatic ring is 1. The number of nitrogens with zero attached hydrogens (tertiary/aromatic N) is 2. The molecule has 0 unspecified atom stereocenters. The van der Waals surface area contributed by atoms with Gasteiger partial charge in [0, 0.05) is 22.9 Å². The second-order valence-corrected chi connectivity index (χ2v) is 4.65. The highest BCUT2D eigenvalue weighted by Gasteiger charge is 2.11. The molecular formula is C14H15FN4O2. The summed E-state index contributed by atoms with van der Waals surface area (Å²) in [7, 11) is 0. The van der Waals surface area contributed by atoms with Crippen molar-refractivity contribution in [1.29, 1.82) is 0 Å². The molecule has 7 heteroatoms. The third-order valence-electron chi connectivity index (χ3n) is 3.09. The number of aromatic nitrogens is 2. The third-order valence-corrected chi connectivity index (χ3v) is 3.09. The average molecular weight is 290 g/mol. The summed E-state index contributed by atoms with van der Waals surface area (Å²) in [5.74, 6) is 4.50. The van der Waals surface area contributed by atoms with Crippen LogP contribution in [0.15, 0.2) is 29.1 Å². The smallest absolute Gasteiger partial charge is 0.265 e. The zero-order valence-corrected chi connectivity index (χ0v) is 11.7. The monoisotopic (exact) mass is 290 g/mol. The fourth-order valence-corrected chi connectivity index (χ4v) is 2.05. The van der Waals surface area contributed by atoms with E-state index in [0.29, 0.717) is 11.5 Å². The van der Waals surface area contributed by atoms with Crippen LogP contribution in [0.5, 0.6) is 0 Å². The van der Waals surface area contributed by atoms with Crippen molar-refractivity contribution in [3.63, 3.8) is 0 Å². The first-order chi connectivity index (χ1) is 9.92. The Morgan fingerprint density at radius 2 is 2.10 bits per heavy atom. The molecule has 1 heterocycles. The standard InChI is InChI=1S/C14H15FN4O2/c1-8-5-13(20)19(9(2)17-8)7-11-6-10(14(21)18-16)3-4-12(11)15/h3-6H,7,16H2,1-2H3,(H,18,21). The summed E-state index contributed by atoms with van der Waals surface area (Å²) in [6, 6.07) is 5.23. The fraction of sp³-hybridized carbons (Fsp3) is 0.214. The lowest BCUT2D eigenvalue weighted by Gasteiger charge is -2.11. The van der Waals surface area contributed by atoms with Gasteiger partial charge < -0.3 is 0 Å². The zero-order chi connectivity index (χ0) is 15.6. The van der Waals surface area contributed by atoms with E-state index >= 15 is 0 Å². The van der Waals surface area contributed by atoms with Gasteiger partial charge in [0.1, 0.15) is 11.6 Å². The van der Waals surface area contributed by atoms with Gasteiger partial charge in [0.15, 0.2) is 0 Å². The van der Waals surface area contributed by atoms with Gasteiger partial charge in [0.05, 0.1) is 6.54 Å². The normalized spacial score (nSPS) is 10.5. The Morgan fingerprint density at radius 1 is 1.38 bits per heavy atom. The van der Waals surface area contributed by atoms with Crippen LogP contribution in [0.4, 0.5) is 4.39 Å². The maximum Gasteiger partial charge on any atom is 0.265 e. The molecule has 0 saturated heterocycles. The number of hydrogen-bond donors (Lipinski definition) is 2. The van der Waals surface area contributed by atoms with Crippen molar-refractivity contribution in [2.75, 3.05) is 0 Å². The highest BCUT2D eigenvalue weighted by molar-refractivity contribution is 5.93. The van der Waals surface area contributed by atoms with Crippen molar-refractivity contribution in [3.8, 4) is 0 Å². The molecule has 0 saturated carbocycles. The minimum atomic E-state index is -0.526. The summed E-state index contributed by atoms with van der Waals surface area (Å²) in [5, 5.41) is 0. The van der Waals surface area contributed by atoms with E-state index in [1.165, 1.54) is 28.8 Å². The predicted octanol–water partition coefficient (Wildman–Crippen LogP) is 0.651. The number of amides is 1. The van der Waals surface area contributed by atoms with E-state index in [1.54, 1.807) is 13.8 Å². The highest BCUT2D eigenvalue weighted by atomic mass is 19.1. The largest absolute Gasteiger partial charge is 0.292 e. The number of carbonyl (C=O) groups excluding carboxylic acids is 1. The van der Waals surface area contributed by atoms with Crippen molar-refractivity contribution in [2.45, 2.75) is 20.4 Å². The minimum Gasteiger partial charge on any atom is -0.292 e. The minimum absolute atomic E-state index is 0.00449. The van der Waals surface area contributed by atoms with Gasteiger partial charge in [-0.2, -0.15) is 0 Å². The maximum atomic E-state index is 13.9. The van der Waals surface area contributed by atoms with E-state index in [1.807, 2.05) is 5.43 Å². The number of rotatable bonds is 3. The molecular weight excluding hydrogens is 275 g/mol. The second-order valence-electron chi connectivity index (χ2n) is 4.65. The van der Waals surface area contributed by atoms with Gasteiger partial charge in [-0.15, -0.1) is 0 Å². The summed E-state index contributed by atoms with van der Waals surface area (Å²) in [6.07, 6.45) is 0. The number of nitrogens with one attached hydrogen (secondary N) is 1. The van der Waals surface area contributed by atoms with Gasteiger partial charge in [0.2, 0.25) is 0 Å². The number of carbonyl (C=O) groups is 1. The van der Waals surface area contributed by atoms with E-state index < -0.39 is 11.7 Å². The van der Waals surface area contributed by atoms with Crippen molar-refractivity contribution < 1.29 is 9.18 Å². The Labute approximate surface area is 120 Å². The fourth-order valence-electron chi connectivity index (χ4n) is 2.05. The van der Waals surface area contributed by atoms with Crippen LogP contribution in [0.3, 0.4) is 0 Å². The van der Waals surface area contributed by atoms with Crippen LogP contribution in [-0.2, 0) is 6.54 Å². The molecule has 1 aromatic heterocycles. The van der Waals surface area contributed by atoms with Crippen molar-refractivity contribution in [1.82, 2.24) is 15.0 Å². The lowest BCUT2D eigenvalue weighted by molar-refractivity contribution is 0.0953. The quantitative estimate of drug-likeness (QED) is 0.493. The molecule has 110 valence electrons. The van der Waals surface area contributed by atoms with Gasteiger partial charge in [0.25, 0.3) is 11.5 Å². The first-order valence-corrected chi connectivity index (χ1v) is 6.27. The number of hydrogen-bond acceptors (Lipinski definition) is 4. The first-order valence-electron chi connectivity index (χ1n) is 6.27. The molecule has 0 aliphatic heterocycles. The molecule has 1 amide bonds. The molecule has 2 rings (SSSR count). The zero-order valence-electron chi connectivity index (χ0n) is 11.7. The van der Waals surface area contributed by atoms with Crippen LogP contribution >= 0.6 is 0 Å². The third kappa shape index (κ3) is 3.14. The number of nitrogens with two attached hydrogens (primary N) is 1. The molecule has 6 nitrogen and oxygen atoms in total. The molecule has 0 spiro atoms. The summed E-state index contributed by atoms with van der Waals surface area (Å²) in [6.45, 7) is 3.38. The van der Waals surface area contributed by atoms with Crippen LogP contribution in [0.1, 0.15) is 27.4 Å². The van der Waals surface area contributed by atoms with Crippen LogP contribution in [0.2, 0.25) is 0 Å². The lowest BCUT2D eigenvalue weighted by atomic mass is 10.1. The van der Waals surface area contributed by atoms with E-state index in [-0.39, 0.29) is 23.2 Å². The molecule has 3 N–H and O–H groups in total. The van der Waals surface area contributed by atoms with Gasteiger partial charge in [-0.25, -0.2) is 15.2 Å². The number of halogens is 1. The van der Waals surface area contributed by atoms with Crippen LogP contribution in [-0.4, -0.2) is 15.5 Å². The van der Waals surface area contributed by atoms with Crippen molar-refractivity contribution >= 4 is 5.91 Å².